The van der Waals surface area contributed by atoms with Crippen molar-refractivity contribution in [1.82, 2.24) is 10.3 Å². The van der Waals surface area contributed by atoms with Crippen LogP contribution in [0.3, 0.4) is 0 Å². The van der Waals surface area contributed by atoms with Crippen LogP contribution < -0.4 is 5.32 Å². The zero-order chi connectivity index (χ0) is 20.8. The number of H-pyrrole nitrogens is 1. The first-order valence-electron chi connectivity index (χ1n) is 9.56. The summed E-state index contributed by atoms with van der Waals surface area (Å²) in [5.74, 6) is -0.770. The first-order valence-corrected chi connectivity index (χ1v) is 9.56. The lowest BCUT2D eigenvalue weighted by Crippen LogP contribution is -2.48. The van der Waals surface area contributed by atoms with Gasteiger partial charge in [-0.25, -0.2) is 8.78 Å². The number of allylic oxidation sites excluding steroid dienone is 1. The van der Waals surface area contributed by atoms with E-state index in [0.29, 0.717) is 11.3 Å². The predicted molar refractivity (Wildman–Crippen MR) is 113 cm³/mol. The Kier molecular flexibility index (Phi) is 4.79. The van der Waals surface area contributed by atoms with E-state index in [1.165, 1.54) is 19.2 Å². The van der Waals surface area contributed by atoms with E-state index < -0.39 is 17.7 Å². The maximum absolute atomic E-state index is 15.1. The molecule has 0 saturated heterocycles. The molecule has 2 aromatic carbocycles. The van der Waals surface area contributed by atoms with Gasteiger partial charge in [-0.2, -0.15) is 0 Å². The van der Waals surface area contributed by atoms with Gasteiger partial charge in [0.25, 0.3) is 0 Å². The molecule has 29 heavy (non-hydrogen) atoms. The number of nitrogens with one attached hydrogen (secondary N) is 2. The summed E-state index contributed by atoms with van der Waals surface area (Å²) in [6.07, 6.45) is 3.92. The molecule has 1 atom stereocenters. The van der Waals surface area contributed by atoms with Crippen molar-refractivity contribution in [3.8, 4) is 0 Å². The lowest BCUT2D eigenvalue weighted by atomic mass is 9.83. The number of hydrogen-bond acceptors (Lipinski definition) is 2. The number of para-hydroxylation sites is 1. The topological polar surface area (TPSA) is 37.0 Å². The molecule has 0 fully saturated rings. The summed E-state index contributed by atoms with van der Waals surface area (Å²) in [7, 11) is 1.49. The minimum Gasteiger partial charge on any atom is -0.497 e. The van der Waals surface area contributed by atoms with Gasteiger partial charge in [0.2, 0.25) is 0 Å². The molecule has 3 nitrogen and oxygen atoms in total. The number of aromatic nitrogens is 1. The molecule has 2 N–H and O–H groups in total. The van der Waals surface area contributed by atoms with E-state index in [4.69, 9.17) is 4.74 Å². The van der Waals surface area contributed by atoms with Crippen LogP contribution in [0.4, 0.5) is 8.78 Å². The molecule has 1 aliphatic rings. The van der Waals surface area contributed by atoms with Crippen LogP contribution in [-0.2, 0) is 11.2 Å². The maximum Gasteiger partial charge on any atom is 0.131 e. The van der Waals surface area contributed by atoms with Gasteiger partial charge in [-0.3, -0.25) is 5.32 Å². The molecule has 0 saturated carbocycles. The lowest BCUT2D eigenvalue weighted by Gasteiger charge is -2.37. The smallest absolute Gasteiger partial charge is 0.131 e. The molecule has 0 spiro atoms. The van der Waals surface area contributed by atoms with Crippen LogP contribution in [0, 0.1) is 11.6 Å². The Morgan fingerprint density at radius 1 is 1.21 bits per heavy atom. The van der Waals surface area contributed by atoms with Crippen molar-refractivity contribution in [3.05, 3.63) is 88.8 Å². The third-order valence-corrected chi connectivity index (χ3v) is 5.40. The Morgan fingerprint density at radius 2 is 1.90 bits per heavy atom. The molecule has 4 rings (SSSR count). The number of benzene rings is 2. The fraction of sp³-hybridized carbons (Fsp3) is 0.250. The molecule has 0 radical (unpaired) electrons. The molecule has 5 heteroatoms. The fourth-order valence-electron chi connectivity index (χ4n) is 4.06. The number of methoxy groups -OCH3 is 1. The number of halogens is 2. The Labute approximate surface area is 169 Å². The number of rotatable bonds is 4. The highest BCUT2D eigenvalue weighted by Crippen LogP contribution is 2.39. The van der Waals surface area contributed by atoms with Gasteiger partial charge in [-0.15, -0.1) is 0 Å². The highest BCUT2D eigenvalue weighted by molar-refractivity contribution is 5.85. The van der Waals surface area contributed by atoms with Crippen molar-refractivity contribution in [2.24, 2.45) is 0 Å². The predicted octanol–water partition coefficient (Wildman–Crippen LogP) is 5.63. The third kappa shape index (κ3) is 3.58. The highest BCUT2D eigenvalue weighted by Gasteiger charge is 2.37. The SMILES string of the molecule is C=C(C=Cc1cc(F)c(C2NC(C)(C)Cc3c2[nH]c2ccccc32)c(F)c1)OC. The average molecular weight is 394 g/mol. The molecule has 1 aliphatic heterocycles. The van der Waals surface area contributed by atoms with Crippen LogP contribution in [0.2, 0.25) is 0 Å². The summed E-state index contributed by atoms with van der Waals surface area (Å²) < 4.78 is 35.2. The highest BCUT2D eigenvalue weighted by atomic mass is 19.1. The van der Waals surface area contributed by atoms with E-state index >= 15 is 8.78 Å². The van der Waals surface area contributed by atoms with Gasteiger partial charge >= 0.3 is 0 Å². The Bertz CT molecular complexity index is 1100. The number of ether oxygens (including phenoxy) is 1. The van der Waals surface area contributed by atoms with E-state index in [9.17, 15) is 0 Å². The number of fused-ring (bicyclic) bond motifs is 3. The second-order valence-corrected chi connectivity index (χ2v) is 8.10. The summed E-state index contributed by atoms with van der Waals surface area (Å²) in [6.45, 7) is 7.77. The van der Waals surface area contributed by atoms with Gasteiger partial charge in [0.1, 0.15) is 17.4 Å². The van der Waals surface area contributed by atoms with E-state index in [1.807, 2.05) is 38.1 Å². The van der Waals surface area contributed by atoms with Gasteiger partial charge < -0.3 is 9.72 Å². The van der Waals surface area contributed by atoms with Crippen molar-refractivity contribution in [1.29, 1.82) is 0 Å². The summed E-state index contributed by atoms with van der Waals surface area (Å²) in [4.78, 5) is 3.38. The van der Waals surface area contributed by atoms with Crippen molar-refractivity contribution in [3.63, 3.8) is 0 Å². The lowest BCUT2D eigenvalue weighted by molar-refractivity contribution is 0.309. The van der Waals surface area contributed by atoms with Gasteiger partial charge in [0, 0.05) is 27.7 Å². The van der Waals surface area contributed by atoms with Crippen LogP contribution >= 0.6 is 0 Å². The van der Waals surface area contributed by atoms with E-state index in [1.54, 1.807) is 12.2 Å². The maximum atomic E-state index is 15.1. The van der Waals surface area contributed by atoms with Crippen LogP contribution in [0.5, 0.6) is 0 Å². The van der Waals surface area contributed by atoms with Crippen molar-refractivity contribution >= 4 is 17.0 Å². The normalized spacial score (nSPS) is 18.2. The molecule has 1 aromatic heterocycles. The minimum atomic E-state index is -0.604. The first-order chi connectivity index (χ1) is 13.8. The van der Waals surface area contributed by atoms with E-state index in [-0.39, 0.29) is 11.1 Å². The quantitative estimate of drug-likeness (QED) is 0.444. The molecule has 1 unspecified atom stereocenters. The Morgan fingerprint density at radius 3 is 2.59 bits per heavy atom. The standard InChI is InChI=1S/C24H24F2N2O/c1-14(29-4)9-10-15-11-18(25)21(19(26)12-15)23-22-17(13-24(2,3)28-23)16-7-5-6-8-20(16)27-22/h5-12,23,27-28H,1,13H2,2-4H3. The molecule has 150 valence electrons. The average Bonchev–Trinajstić information content (AvgIpc) is 3.03. The Hall–Kier alpha value is -2.92. The second-order valence-electron chi connectivity index (χ2n) is 8.10. The molecule has 0 bridgehead atoms. The largest absolute Gasteiger partial charge is 0.497 e. The number of aromatic amines is 1. The molecule has 3 aromatic rings. The molecule has 2 heterocycles. The van der Waals surface area contributed by atoms with Crippen LogP contribution in [0.15, 0.2) is 54.8 Å². The molecular weight excluding hydrogens is 370 g/mol. The minimum absolute atomic E-state index is 0.0216. The van der Waals surface area contributed by atoms with Crippen molar-refractivity contribution < 1.29 is 13.5 Å². The van der Waals surface area contributed by atoms with E-state index in [2.05, 4.69) is 16.9 Å². The third-order valence-electron chi connectivity index (χ3n) is 5.40. The van der Waals surface area contributed by atoms with Crippen LogP contribution in [0.25, 0.3) is 17.0 Å². The molecular formula is C24H24F2N2O. The summed E-state index contributed by atoms with van der Waals surface area (Å²) in [5, 5.41) is 4.52. The van der Waals surface area contributed by atoms with Crippen LogP contribution in [0.1, 0.15) is 42.3 Å². The zero-order valence-corrected chi connectivity index (χ0v) is 16.8. The Balaban J connectivity index is 1.83. The summed E-state index contributed by atoms with van der Waals surface area (Å²) in [6, 6.07) is 10.0. The van der Waals surface area contributed by atoms with Gasteiger partial charge in [0.05, 0.1) is 13.2 Å². The van der Waals surface area contributed by atoms with Gasteiger partial charge in [0.15, 0.2) is 0 Å². The molecule has 0 aliphatic carbocycles. The van der Waals surface area contributed by atoms with Crippen molar-refractivity contribution in [2.75, 3.05) is 7.11 Å². The fourth-order valence-corrected chi connectivity index (χ4v) is 4.06. The van der Waals surface area contributed by atoms with Gasteiger partial charge in [-0.1, -0.05) is 30.9 Å². The van der Waals surface area contributed by atoms with Crippen LogP contribution in [-0.4, -0.2) is 17.6 Å². The second kappa shape index (κ2) is 7.16. The molecule has 0 amide bonds. The summed E-state index contributed by atoms with van der Waals surface area (Å²) in [5.41, 5.74) is 3.02. The monoisotopic (exact) mass is 394 g/mol. The van der Waals surface area contributed by atoms with Crippen molar-refractivity contribution in [2.45, 2.75) is 31.8 Å². The number of hydrogen-bond donors (Lipinski definition) is 2. The van der Waals surface area contributed by atoms with E-state index in [0.717, 1.165) is 28.6 Å². The zero-order valence-electron chi connectivity index (χ0n) is 16.8. The van der Waals surface area contributed by atoms with Gasteiger partial charge in [-0.05, 0) is 55.7 Å². The summed E-state index contributed by atoms with van der Waals surface area (Å²) >= 11 is 0. The first kappa shape index (κ1) is 19.4.